The molecule has 6 nitrogen and oxygen atoms in total. The van der Waals surface area contributed by atoms with E-state index in [9.17, 15) is 4.79 Å². The van der Waals surface area contributed by atoms with E-state index in [2.05, 4.69) is 26.5 Å². The van der Waals surface area contributed by atoms with Crippen LogP contribution in [0.5, 0.6) is 0 Å². The molecule has 4 rings (SSSR count). The maximum atomic E-state index is 12.9. The van der Waals surface area contributed by atoms with Crippen LogP contribution >= 0.6 is 23.8 Å². The number of hydrogen-bond acceptors (Lipinski definition) is 4. The minimum absolute atomic E-state index is 0.0963. The molecule has 8 heteroatoms. The Morgan fingerprint density at radius 1 is 1.23 bits per heavy atom. The van der Waals surface area contributed by atoms with Gasteiger partial charge in [-0.3, -0.25) is 19.4 Å². The van der Waals surface area contributed by atoms with Crippen molar-refractivity contribution < 1.29 is 4.79 Å². The van der Waals surface area contributed by atoms with Crippen LogP contribution in [-0.2, 0) is 11.3 Å². The van der Waals surface area contributed by atoms with Gasteiger partial charge in [0.2, 0.25) is 5.91 Å². The maximum Gasteiger partial charge on any atom is 0.240 e. The number of carbonyl (C=O) groups excluding carboxylic acids is 1. The van der Waals surface area contributed by atoms with Crippen molar-refractivity contribution in [2.45, 2.75) is 32.4 Å². The van der Waals surface area contributed by atoms with Crippen LogP contribution in [0.4, 0.5) is 0 Å². The van der Waals surface area contributed by atoms with Crippen molar-refractivity contribution in [3.05, 3.63) is 69.5 Å². The zero-order chi connectivity index (χ0) is 21.8. The molecule has 162 valence electrons. The Hall–Kier alpha value is -2.48. The summed E-state index contributed by atoms with van der Waals surface area (Å²) in [6, 6.07) is 16.0. The number of rotatable bonds is 7. The van der Waals surface area contributed by atoms with E-state index in [1.165, 1.54) is 12.8 Å². The number of aromatic amines is 1. The second-order valence-electron chi connectivity index (χ2n) is 7.92. The summed E-state index contributed by atoms with van der Waals surface area (Å²) < 4.78 is 2.16. The molecule has 1 amide bonds. The molecule has 2 N–H and O–H groups in total. The molecule has 3 aromatic rings. The van der Waals surface area contributed by atoms with Gasteiger partial charge in [-0.05, 0) is 62.8 Å². The summed E-state index contributed by atoms with van der Waals surface area (Å²) in [5.41, 5.74) is 3.20. The lowest BCUT2D eigenvalue weighted by Crippen LogP contribution is -2.38. The second kappa shape index (κ2) is 9.77. The first kappa shape index (κ1) is 21.7. The van der Waals surface area contributed by atoms with Gasteiger partial charge in [0, 0.05) is 17.1 Å². The smallest absolute Gasteiger partial charge is 0.240 e. The van der Waals surface area contributed by atoms with Gasteiger partial charge in [0.1, 0.15) is 6.54 Å². The van der Waals surface area contributed by atoms with Crippen LogP contribution in [-0.4, -0.2) is 45.2 Å². The van der Waals surface area contributed by atoms with Crippen LogP contribution in [0.2, 0.25) is 5.02 Å². The first-order chi connectivity index (χ1) is 15.0. The van der Waals surface area contributed by atoms with Crippen molar-refractivity contribution in [1.29, 1.82) is 0 Å². The van der Waals surface area contributed by atoms with E-state index < -0.39 is 0 Å². The van der Waals surface area contributed by atoms with Gasteiger partial charge in [0.25, 0.3) is 0 Å². The minimum atomic E-state index is -0.0999. The van der Waals surface area contributed by atoms with Crippen molar-refractivity contribution in [3.63, 3.8) is 0 Å². The first-order valence-electron chi connectivity index (χ1n) is 10.5. The van der Waals surface area contributed by atoms with Crippen LogP contribution in [0.1, 0.15) is 30.0 Å². The predicted molar refractivity (Wildman–Crippen MR) is 126 cm³/mol. The summed E-state index contributed by atoms with van der Waals surface area (Å²) in [4.78, 5) is 15.3. The van der Waals surface area contributed by atoms with Gasteiger partial charge < -0.3 is 5.32 Å². The van der Waals surface area contributed by atoms with Gasteiger partial charge in [0.05, 0.1) is 6.04 Å². The SMILES string of the molecule is Cc1ccc(-c2n[nH]c(=S)n2CC(=O)NCC(c2cccc(Cl)c2)N2CCCC2)cc1. The molecule has 0 radical (unpaired) electrons. The van der Waals surface area contributed by atoms with Crippen molar-refractivity contribution >= 4 is 29.7 Å². The van der Waals surface area contributed by atoms with Gasteiger partial charge >= 0.3 is 0 Å². The van der Waals surface area contributed by atoms with Crippen LogP contribution in [0.25, 0.3) is 11.4 Å². The summed E-state index contributed by atoms with van der Waals surface area (Å²) in [6.45, 7) is 4.71. The molecule has 1 aliphatic rings. The van der Waals surface area contributed by atoms with Gasteiger partial charge in [0.15, 0.2) is 10.6 Å². The topological polar surface area (TPSA) is 66.0 Å². The fourth-order valence-electron chi connectivity index (χ4n) is 4.02. The lowest BCUT2D eigenvalue weighted by atomic mass is 10.1. The quantitative estimate of drug-likeness (QED) is 0.514. The largest absolute Gasteiger partial charge is 0.353 e. The van der Waals surface area contributed by atoms with Gasteiger partial charge in [-0.2, -0.15) is 5.10 Å². The van der Waals surface area contributed by atoms with Crippen molar-refractivity contribution in [1.82, 2.24) is 25.0 Å². The molecule has 0 saturated carbocycles. The molecule has 2 aromatic carbocycles. The number of nitrogens with zero attached hydrogens (tertiary/aromatic N) is 3. The first-order valence-corrected chi connectivity index (χ1v) is 11.3. The third-order valence-electron chi connectivity index (χ3n) is 5.68. The van der Waals surface area contributed by atoms with Crippen LogP contribution < -0.4 is 5.32 Å². The molecule has 0 spiro atoms. The number of hydrogen-bond donors (Lipinski definition) is 2. The average molecular weight is 456 g/mol. The Kier molecular flexibility index (Phi) is 6.85. The van der Waals surface area contributed by atoms with E-state index in [1.54, 1.807) is 4.57 Å². The number of carbonyl (C=O) groups is 1. The summed E-state index contributed by atoms with van der Waals surface area (Å²) >= 11 is 11.6. The van der Waals surface area contributed by atoms with E-state index in [-0.39, 0.29) is 18.5 Å². The molecule has 31 heavy (non-hydrogen) atoms. The van der Waals surface area contributed by atoms with E-state index in [1.807, 2.05) is 49.4 Å². The van der Waals surface area contributed by atoms with E-state index in [0.29, 0.717) is 22.2 Å². The van der Waals surface area contributed by atoms with E-state index in [4.69, 9.17) is 23.8 Å². The molecular formula is C23H26ClN5OS. The minimum Gasteiger partial charge on any atom is -0.353 e. The highest BCUT2D eigenvalue weighted by Crippen LogP contribution is 2.26. The average Bonchev–Trinajstić information content (AvgIpc) is 3.40. The standard InChI is InChI=1S/C23H26ClN5OS/c1-16-7-9-17(10-8-16)22-26-27-23(31)29(22)15-21(30)25-14-20(28-11-2-3-12-28)18-5-4-6-19(24)13-18/h4-10,13,20H,2-3,11-12,14-15H2,1H3,(H,25,30)(H,27,31). The summed E-state index contributed by atoms with van der Waals surface area (Å²) in [5.74, 6) is 0.558. The lowest BCUT2D eigenvalue weighted by molar-refractivity contribution is -0.121. The third kappa shape index (κ3) is 5.23. The summed E-state index contributed by atoms with van der Waals surface area (Å²) in [7, 11) is 0. The molecule has 1 fully saturated rings. The number of aryl methyl sites for hydroxylation is 1. The lowest BCUT2D eigenvalue weighted by Gasteiger charge is -2.28. The Bertz CT molecular complexity index is 1100. The highest BCUT2D eigenvalue weighted by molar-refractivity contribution is 7.71. The summed E-state index contributed by atoms with van der Waals surface area (Å²) in [5, 5.41) is 10.9. The Balaban J connectivity index is 1.47. The number of nitrogens with one attached hydrogen (secondary N) is 2. The molecule has 0 aliphatic carbocycles. The molecule has 0 bridgehead atoms. The number of aromatic nitrogens is 3. The van der Waals surface area contributed by atoms with Crippen molar-refractivity contribution in [3.8, 4) is 11.4 Å². The predicted octanol–water partition coefficient (Wildman–Crippen LogP) is 4.52. The highest BCUT2D eigenvalue weighted by Gasteiger charge is 2.24. The highest BCUT2D eigenvalue weighted by atomic mass is 35.5. The number of amides is 1. The molecule has 1 unspecified atom stereocenters. The Morgan fingerprint density at radius 3 is 2.68 bits per heavy atom. The molecule has 1 aliphatic heterocycles. The zero-order valence-corrected chi connectivity index (χ0v) is 19.0. The van der Waals surface area contributed by atoms with Crippen LogP contribution in [0, 0.1) is 11.7 Å². The summed E-state index contributed by atoms with van der Waals surface area (Å²) in [6.07, 6.45) is 2.35. The van der Waals surface area contributed by atoms with Gasteiger partial charge in [-0.25, -0.2) is 0 Å². The molecular weight excluding hydrogens is 430 g/mol. The maximum absolute atomic E-state index is 12.9. The fourth-order valence-corrected chi connectivity index (χ4v) is 4.42. The molecule has 1 saturated heterocycles. The van der Waals surface area contributed by atoms with Gasteiger partial charge in [-0.1, -0.05) is 53.6 Å². The number of benzene rings is 2. The van der Waals surface area contributed by atoms with Crippen molar-refractivity contribution in [2.75, 3.05) is 19.6 Å². The number of H-pyrrole nitrogens is 1. The Labute approximate surface area is 192 Å². The van der Waals surface area contributed by atoms with Crippen molar-refractivity contribution in [2.24, 2.45) is 0 Å². The van der Waals surface area contributed by atoms with E-state index >= 15 is 0 Å². The molecule has 2 heterocycles. The Morgan fingerprint density at radius 2 is 1.97 bits per heavy atom. The third-order valence-corrected chi connectivity index (χ3v) is 6.22. The number of halogens is 1. The fraction of sp³-hybridized carbons (Fsp3) is 0.348. The second-order valence-corrected chi connectivity index (χ2v) is 8.75. The molecule has 1 aromatic heterocycles. The monoisotopic (exact) mass is 455 g/mol. The molecule has 1 atom stereocenters. The van der Waals surface area contributed by atoms with Crippen LogP contribution in [0.3, 0.4) is 0 Å². The van der Waals surface area contributed by atoms with Crippen LogP contribution in [0.15, 0.2) is 48.5 Å². The van der Waals surface area contributed by atoms with Gasteiger partial charge in [-0.15, -0.1) is 0 Å². The zero-order valence-electron chi connectivity index (χ0n) is 17.5. The normalized spacial score (nSPS) is 15.2. The number of likely N-dealkylation sites (tertiary alicyclic amines) is 1. The van der Waals surface area contributed by atoms with E-state index in [0.717, 1.165) is 29.8 Å².